The van der Waals surface area contributed by atoms with Crippen LogP contribution in [0.25, 0.3) is 10.9 Å². The highest BCUT2D eigenvalue weighted by atomic mass is 35.5. The van der Waals surface area contributed by atoms with Crippen LogP contribution in [0.1, 0.15) is 15.9 Å². The van der Waals surface area contributed by atoms with Crippen molar-refractivity contribution in [3.63, 3.8) is 0 Å². The van der Waals surface area contributed by atoms with Gasteiger partial charge in [0.2, 0.25) is 0 Å². The van der Waals surface area contributed by atoms with E-state index < -0.39 is 0 Å². The number of amides is 1. The van der Waals surface area contributed by atoms with Crippen molar-refractivity contribution in [2.24, 2.45) is 0 Å². The number of piperazine rings is 1. The highest BCUT2D eigenvalue weighted by molar-refractivity contribution is 6.30. The number of fused-ring (bicyclic) bond motifs is 1. The van der Waals surface area contributed by atoms with E-state index in [1.807, 2.05) is 47.5 Å². The molecule has 1 aliphatic heterocycles. The van der Waals surface area contributed by atoms with E-state index >= 15 is 0 Å². The number of hydrogen-bond donors (Lipinski definition) is 1. The van der Waals surface area contributed by atoms with E-state index in [1.165, 1.54) is 5.56 Å². The van der Waals surface area contributed by atoms with Crippen LogP contribution in [0, 0.1) is 0 Å². The van der Waals surface area contributed by atoms with E-state index in [2.05, 4.69) is 22.0 Å². The summed E-state index contributed by atoms with van der Waals surface area (Å²) in [5.41, 5.74) is 3.07. The topological polar surface area (TPSA) is 39.3 Å². The second kappa shape index (κ2) is 6.90. The lowest BCUT2D eigenvalue weighted by molar-refractivity contribution is 0.0628. The highest BCUT2D eigenvalue weighted by Gasteiger charge is 2.22. The number of aromatic nitrogens is 1. The van der Waals surface area contributed by atoms with Crippen LogP contribution < -0.4 is 0 Å². The van der Waals surface area contributed by atoms with Crippen molar-refractivity contribution in [2.75, 3.05) is 26.2 Å². The third kappa shape index (κ3) is 3.55. The molecule has 25 heavy (non-hydrogen) atoms. The van der Waals surface area contributed by atoms with E-state index in [9.17, 15) is 4.79 Å². The normalized spacial score (nSPS) is 15.6. The summed E-state index contributed by atoms with van der Waals surface area (Å²) >= 11 is 5.94. The lowest BCUT2D eigenvalue weighted by Gasteiger charge is -2.34. The van der Waals surface area contributed by atoms with Crippen molar-refractivity contribution in [3.05, 3.63) is 70.9 Å². The first-order valence-electron chi connectivity index (χ1n) is 8.52. The molecule has 128 valence electrons. The number of benzene rings is 2. The number of hydrogen-bond acceptors (Lipinski definition) is 2. The Hall–Kier alpha value is -2.30. The lowest BCUT2D eigenvalue weighted by Crippen LogP contribution is -2.48. The van der Waals surface area contributed by atoms with E-state index in [-0.39, 0.29) is 5.91 Å². The van der Waals surface area contributed by atoms with Gasteiger partial charge in [-0.3, -0.25) is 9.69 Å². The molecule has 2 heterocycles. The van der Waals surface area contributed by atoms with Crippen molar-refractivity contribution in [1.29, 1.82) is 0 Å². The maximum atomic E-state index is 12.8. The van der Waals surface area contributed by atoms with E-state index in [4.69, 9.17) is 11.6 Å². The van der Waals surface area contributed by atoms with Gasteiger partial charge < -0.3 is 9.88 Å². The molecule has 0 bridgehead atoms. The Balaban J connectivity index is 1.37. The number of aromatic amines is 1. The summed E-state index contributed by atoms with van der Waals surface area (Å²) in [6.45, 7) is 4.20. The van der Waals surface area contributed by atoms with Crippen molar-refractivity contribution in [2.45, 2.75) is 6.54 Å². The fraction of sp³-hybridized carbons (Fsp3) is 0.250. The average molecular weight is 354 g/mol. The van der Waals surface area contributed by atoms with Gasteiger partial charge in [0.25, 0.3) is 5.91 Å². The van der Waals surface area contributed by atoms with Crippen molar-refractivity contribution < 1.29 is 4.79 Å². The number of carbonyl (C=O) groups excluding carboxylic acids is 1. The van der Waals surface area contributed by atoms with Crippen molar-refractivity contribution >= 4 is 28.4 Å². The zero-order valence-corrected chi connectivity index (χ0v) is 14.7. The summed E-state index contributed by atoms with van der Waals surface area (Å²) in [5, 5.41) is 1.84. The van der Waals surface area contributed by atoms with Crippen LogP contribution in [0.4, 0.5) is 0 Å². The van der Waals surface area contributed by atoms with Gasteiger partial charge in [0.15, 0.2) is 0 Å². The Labute approximate surface area is 152 Å². The Morgan fingerprint density at radius 2 is 1.76 bits per heavy atom. The van der Waals surface area contributed by atoms with Gasteiger partial charge in [-0.2, -0.15) is 0 Å². The molecule has 0 aliphatic carbocycles. The number of halogens is 1. The number of H-pyrrole nitrogens is 1. The van der Waals surface area contributed by atoms with E-state index in [0.29, 0.717) is 0 Å². The van der Waals surface area contributed by atoms with Crippen LogP contribution in [0.2, 0.25) is 5.02 Å². The molecule has 1 aromatic heterocycles. The molecule has 2 aromatic carbocycles. The van der Waals surface area contributed by atoms with Crippen LogP contribution in [-0.4, -0.2) is 46.9 Å². The van der Waals surface area contributed by atoms with Crippen LogP contribution >= 0.6 is 11.6 Å². The molecule has 4 rings (SSSR count). The molecule has 3 aromatic rings. The van der Waals surface area contributed by atoms with Gasteiger partial charge in [0, 0.05) is 60.4 Å². The molecule has 0 spiro atoms. The molecule has 0 saturated carbocycles. The first kappa shape index (κ1) is 16.2. The Kier molecular flexibility index (Phi) is 4.47. The molecular formula is C20H20ClN3O. The Morgan fingerprint density at radius 1 is 1.00 bits per heavy atom. The molecule has 0 radical (unpaired) electrons. The predicted molar refractivity (Wildman–Crippen MR) is 101 cm³/mol. The first-order chi connectivity index (χ1) is 12.2. The Bertz CT molecular complexity index is 879. The maximum Gasteiger partial charge on any atom is 0.253 e. The monoisotopic (exact) mass is 353 g/mol. The van der Waals surface area contributed by atoms with Gasteiger partial charge in [-0.15, -0.1) is 0 Å². The average Bonchev–Trinajstić information content (AvgIpc) is 3.11. The fourth-order valence-corrected chi connectivity index (χ4v) is 3.45. The largest absolute Gasteiger partial charge is 0.361 e. The smallest absolute Gasteiger partial charge is 0.253 e. The molecule has 4 nitrogen and oxygen atoms in total. The minimum absolute atomic E-state index is 0.120. The van der Waals surface area contributed by atoms with Crippen molar-refractivity contribution in [3.8, 4) is 0 Å². The summed E-state index contributed by atoms with van der Waals surface area (Å²) < 4.78 is 0. The zero-order valence-electron chi connectivity index (χ0n) is 13.9. The second-order valence-corrected chi connectivity index (χ2v) is 6.91. The second-order valence-electron chi connectivity index (χ2n) is 6.47. The van der Waals surface area contributed by atoms with Crippen LogP contribution in [0.15, 0.2) is 54.7 Å². The number of nitrogens with zero attached hydrogens (tertiary/aromatic N) is 2. The highest BCUT2D eigenvalue weighted by Crippen LogP contribution is 2.17. The molecule has 0 unspecified atom stereocenters. The molecule has 1 saturated heterocycles. The molecular weight excluding hydrogens is 334 g/mol. The minimum atomic E-state index is 0.120. The summed E-state index contributed by atoms with van der Waals surface area (Å²) in [6, 6.07) is 15.8. The standard InChI is InChI=1S/C20H20ClN3O/c21-18-4-1-15(2-5-18)14-23-9-11-24(12-10-23)20(25)17-3-6-19-16(13-17)7-8-22-19/h1-8,13,22H,9-12,14H2. The molecule has 5 heteroatoms. The van der Waals surface area contributed by atoms with Gasteiger partial charge in [-0.25, -0.2) is 0 Å². The predicted octanol–water partition coefficient (Wildman–Crippen LogP) is 3.78. The summed E-state index contributed by atoms with van der Waals surface area (Å²) in [4.78, 5) is 20.2. The van der Waals surface area contributed by atoms with E-state index in [1.54, 1.807) is 0 Å². The third-order valence-corrected chi connectivity index (χ3v) is 5.03. The van der Waals surface area contributed by atoms with E-state index in [0.717, 1.165) is 54.2 Å². The van der Waals surface area contributed by atoms with Gasteiger partial charge in [-0.1, -0.05) is 23.7 Å². The van der Waals surface area contributed by atoms with Gasteiger partial charge in [0.1, 0.15) is 0 Å². The molecule has 1 aliphatic rings. The lowest BCUT2D eigenvalue weighted by atomic mass is 10.1. The molecule has 1 N–H and O–H groups in total. The maximum absolute atomic E-state index is 12.8. The van der Waals surface area contributed by atoms with Crippen LogP contribution in [-0.2, 0) is 6.54 Å². The fourth-order valence-electron chi connectivity index (χ4n) is 3.33. The molecule has 0 atom stereocenters. The SMILES string of the molecule is O=C(c1ccc2[nH]ccc2c1)N1CCN(Cc2ccc(Cl)cc2)CC1. The van der Waals surface area contributed by atoms with Gasteiger partial charge in [0.05, 0.1) is 0 Å². The summed E-state index contributed by atoms with van der Waals surface area (Å²) in [7, 11) is 0. The third-order valence-electron chi connectivity index (χ3n) is 4.78. The molecule has 1 amide bonds. The number of nitrogens with one attached hydrogen (secondary N) is 1. The number of carbonyl (C=O) groups is 1. The van der Waals surface area contributed by atoms with Crippen LogP contribution in [0.3, 0.4) is 0 Å². The Morgan fingerprint density at radius 3 is 2.52 bits per heavy atom. The first-order valence-corrected chi connectivity index (χ1v) is 8.90. The van der Waals surface area contributed by atoms with Gasteiger partial charge >= 0.3 is 0 Å². The van der Waals surface area contributed by atoms with Crippen LogP contribution in [0.5, 0.6) is 0 Å². The summed E-state index contributed by atoms with van der Waals surface area (Å²) in [5.74, 6) is 0.120. The van der Waals surface area contributed by atoms with Crippen molar-refractivity contribution in [1.82, 2.24) is 14.8 Å². The zero-order chi connectivity index (χ0) is 17.2. The quantitative estimate of drug-likeness (QED) is 0.778. The number of rotatable bonds is 3. The molecule has 1 fully saturated rings. The summed E-state index contributed by atoms with van der Waals surface area (Å²) in [6.07, 6.45) is 1.90. The van der Waals surface area contributed by atoms with Gasteiger partial charge in [-0.05, 0) is 42.0 Å². The minimum Gasteiger partial charge on any atom is -0.361 e.